The third-order valence-corrected chi connectivity index (χ3v) is 4.52. The molecule has 1 saturated carbocycles. The summed E-state index contributed by atoms with van der Waals surface area (Å²) in [5.41, 5.74) is 1.20. The fraction of sp³-hybridized carbons (Fsp3) is 0.750. The first-order chi connectivity index (χ1) is 9.52. The van der Waals surface area contributed by atoms with Crippen LogP contribution < -0.4 is 5.56 Å². The Hall–Kier alpha value is -1.16. The van der Waals surface area contributed by atoms with E-state index in [9.17, 15) is 4.79 Å². The highest BCUT2D eigenvalue weighted by Crippen LogP contribution is 2.40. The minimum absolute atomic E-state index is 0.0236. The van der Waals surface area contributed by atoms with Gasteiger partial charge in [0.1, 0.15) is 11.4 Å². The van der Waals surface area contributed by atoms with E-state index in [-0.39, 0.29) is 5.56 Å². The van der Waals surface area contributed by atoms with Crippen LogP contribution in [-0.2, 0) is 16.8 Å². The summed E-state index contributed by atoms with van der Waals surface area (Å²) in [5, 5.41) is 0. The van der Waals surface area contributed by atoms with Crippen molar-refractivity contribution in [2.24, 2.45) is 5.92 Å². The summed E-state index contributed by atoms with van der Waals surface area (Å²) in [6, 6.07) is 0. The molecule has 0 radical (unpaired) electrons. The molecule has 1 N–H and O–H groups in total. The maximum absolute atomic E-state index is 12.1. The zero-order chi connectivity index (χ0) is 14.8. The standard InChI is InChI=1S/C16H26N2O2/c1-5-13-12(4)14(19)18-15(17-13)16(20-6-2)9-7-11(3)8-10-16/h11H,5-10H2,1-4H3,(H,17,18,19). The summed E-state index contributed by atoms with van der Waals surface area (Å²) in [7, 11) is 0. The van der Waals surface area contributed by atoms with Gasteiger partial charge in [-0.25, -0.2) is 4.98 Å². The van der Waals surface area contributed by atoms with Gasteiger partial charge in [-0.3, -0.25) is 4.79 Å². The average Bonchev–Trinajstić information content (AvgIpc) is 2.44. The van der Waals surface area contributed by atoms with E-state index in [0.29, 0.717) is 6.61 Å². The Balaban J connectivity index is 2.44. The number of aromatic amines is 1. The second-order valence-electron chi connectivity index (χ2n) is 5.95. The first-order valence-corrected chi connectivity index (χ1v) is 7.76. The Labute approximate surface area is 121 Å². The molecule has 4 heteroatoms. The third kappa shape index (κ3) is 2.80. The minimum atomic E-state index is -0.391. The van der Waals surface area contributed by atoms with Gasteiger partial charge in [0, 0.05) is 12.2 Å². The number of hydrogen-bond donors (Lipinski definition) is 1. The molecule has 2 rings (SSSR count). The van der Waals surface area contributed by atoms with Crippen molar-refractivity contribution in [1.82, 2.24) is 9.97 Å². The van der Waals surface area contributed by atoms with E-state index in [2.05, 4.69) is 11.9 Å². The molecule has 1 aromatic heterocycles. The molecule has 4 nitrogen and oxygen atoms in total. The Morgan fingerprint density at radius 2 is 2.00 bits per heavy atom. The van der Waals surface area contributed by atoms with Gasteiger partial charge >= 0.3 is 0 Å². The highest BCUT2D eigenvalue weighted by Gasteiger charge is 2.39. The van der Waals surface area contributed by atoms with Crippen molar-refractivity contribution < 1.29 is 4.74 Å². The van der Waals surface area contributed by atoms with Crippen molar-refractivity contribution in [2.45, 2.75) is 65.4 Å². The van der Waals surface area contributed by atoms with Crippen LogP contribution in [0.4, 0.5) is 0 Å². The Morgan fingerprint density at radius 1 is 1.35 bits per heavy atom. The molecule has 1 fully saturated rings. The average molecular weight is 278 g/mol. The van der Waals surface area contributed by atoms with E-state index in [1.54, 1.807) is 0 Å². The van der Waals surface area contributed by atoms with Crippen molar-refractivity contribution in [2.75, 3.05) is 6.61 Å². The third-order valence-electron chi connectivity index (χ3n) is 4.52. The molecule has 0 spiro atoms. The number of nitrogens with one attached hydrogen (secondary N) is 1. The van der Waals surface area contributed by atoms with E-state index < -0.39 is 5.60 Å². The molecule has 1 aliphatic carbocycles. The van der Waals surface area contributed by atoms with Crippen LogP contribution in [0.3, 0.4) is 0 Å². The van der Waals surface area contributed by atoms with E-state index in [1.807, 2.05) is 20.8 Å². The molecule has 0 bridgehead atoms. The van der Waals surface area contributed by atoms with Gasteiger partial charge in [-0.2, -0.15) is 0 Å². The summed E-state index contributed by atoms with van der Waals surface area (Å²) >= 11 is 0. The summed E-state index contributed by atoms with van der Waals surface area (Å²) in [6.07, 6.45) is 4.91. The highest BCUT2D eigenvalue weighted by atomic mass is 16.5. The predicted octanol–water partition coefficient (Wildman–Crippen LogP) is 3.08. The van der Waals surface area contributed by atoms with Crippen LogP contribution >= 0.6 is 0 Å². The molecule has 1 aromatic rings. The second-order valence-corrected chi connectivity index (χ2v) is 5.95. The van der Waals surface area contributed by atoms with Gasteiger partial charge < -0.3 is 9.72 Å². The summed E-state index contributed by atoms with van der Waals surface area (Å²) in [5.74, 6) is 1.46. The molecular formula is C16H26N2O2. The molecule has 0 aliphatic heterocycles. The van der Waals surface area contributed by atoms with Crippen LogP contribution in [0.1, 0.15) is 63.5 Å². The lowest BCUT2D eigenvalue weighted by molar-refractivity contribution is -0.0840. The number of aryl methyl sites for hydroxylation is 1. The fourth-order valence-corrected chi connectivity index (χ4v) is 3.09. The summed E-state index contributed by atoms with van der Waals surface area (Å²) in [6.45, 7) is 8.80. The van der Waals surface area contributed by atoms with E-state index in [1.165, 1.54) is 0 Å². The lowest BCUT2D eigenvalue weighted by Gasteiger charge is -2.38. The van der Waals surface area contributed by atoms with Gasteiger partial charge in [-0.15, -0.1) is 0 Å². The first-order valence-electron chi connectivity index (χ1n) is 7.76. The molecule has 0 amide bonds. The maximum Gasteiger partial charge on any atom is 0.254 e. The van der Waals surface area contributed by atoms with Crippen molar-refractivity contribution >= 4 is 0 Å². The van der Waals surface area contributed by atoms with Crippen molar-refractivity contribution in [3.05, 3.63) is 27.4 Å². The Bertz CT molecular complexity index is 514. The quantitative estimate of drug-likeness (QED) is 0.920. The zero-order valence-corrected chi connectivity index (χ0v) is 13.1. The van der Waals surface area contributed by atoms with Crippen LogP contribution in [0.2, 0.25) is 0 Å². The highest BCUT2D eigenvalue weighted by molar-refractivity contribution is 5.18. The largest absolute Gasteiger partial charge is 0.367 e. The van der Waals surface area contributed by atoms with Gasteiger partial charge in [-0.1, -0.05) is 13.8 Å². The number of ether oxygens (including phenoxy) is 1. The second kappa shape index (κ2) is 6.08. The molecule has 1 aliphatic rings. The predicted molar refractivity (Wildman–Crippen MR) is 79.9 cm³/mol. The Kier molecular flexibility index (Phi) is 4.63. The first kappa shape index (κ1) is 15.2. The molecule has 0 atom stereocenters. The summed E-state index contributed by atoms with van der Waals surface area (Å²) in [4.78, 5) is 19.8. The van der Waals surface area contributed by atoms with Crippen LogP contribution in [-0.4, -0.2) is 16.6 Å². The van der Waals surface area contributed by atoms with E-state index >= 15 is 0 Å². The molecule has 1 heterocycles. The Morgan fingerprint density at radius 3 is 2.55 bits per heavy atom. The molecule has 0 aromatic carbocycles. The molecule has 0 unspecified atom stereocenters. The van der Waals surface area contributed by atoms with Crippen molar-refractivity contribution in [1.29, 1.82) is 0 Å². The van der Waals surface area contributed by atoms with Gasteiger partial charge in [-0.05, 0) is 51.9 Å². The van der Waals surface area contributed by atoms with Crippen LogP contribution in [0, 0.1) is 12.8 Å². The van der Waals surface area contributed by atoms with Crippen molar-refractivity contribution in [3.8, 4) is 0 Å². The number of nitrogens with zero attached hydrogens (tertiary/aromatic N) is 1. The monoisotopic (exact) mass is 278 g/mol. The molecule has 112 valence electrons. The molecular weight excluding hydrogens is 252 g/mol. The van der Waals surface area contributed by atoms with Gasteiger partial charge in [0.05, 0.1) is 5.69 Å². The number of hydrogen-bond acceptors (Lipinski definition) is 3. The van der Waals surface area contributed by atoms with Crippen molar-refractivity contribution in [3.63, 3.8) is 0 Å². The summed E-state index contributed by atoms with van der Waals surface area (Å²) < 4.78 is 6.07. The van der Waals surface area contributed by atoms with E-state index in [0.717, 1.165) is 55.1 Å². The van der Waals surface area contributed by atoms with Crippen LogP contribution in [0.25, 0.3) is 0 Å². The zero-order valence-electron chi connectivity index (χ0n) is 13.1. The molecule has 0 saturated heterocycles. The number of H-pyrrole nitrogens is 1. The number of aromatic nitrogens is 2. The lowest BCUT2D eigenvalue weighted by atomic mass is 9.78. The van der Waals surface area contributed by atoms with Gasteiger partial charge in [0.25, 0.3) is 5.56 Å². The maximum atomic E-state index is 12.1. The van der Waals surface area contributed by atoms with Crippen LogP contribution in [0.5, 0.6) is 0 Å². The number of rotatable bonds is 4. The van der Waals surface area contributed by atoms with Gasteiger partial charge in [0.2, 0.25) is 0 Å². The van der Waals surface area contributed by atoms with Gasteiger partial charge in [0.15, 0.2) is 0 Å². The van der Waals surface area contributed by atoms with Crippen LogP contribution in [0.15, 0.2) is 4.79 Å². The lowest BCUT2D eigenvalue weighted by Crippen LogP contribution is -2.38. The molecule has 20 heavy (non-hydrogen) atoms. The minimum Gasteiger partial charge on any atom is -0.367 e. The smallest absolute Gasteiger partial charge is 0.254 e. The topological polar surface area (TPSA) is 55.0 Å². The fourth-order valence-electron chi connectivity index (χ4n) is 3.09. The SMILES string of the molecule is CCOC1(c2nc(CC)c(C)c(=O)[nH]2)CCC(C)CC1. The van der Waals surface area contributed by atoms with E-state index in [4.69, 9.17) is 9.72 Å². The normalized spacial score (nSPS) is 26.7.